The zero-order valence-electron chi connectivity index (χ0n) is 19.9. The monoisotopic (exact) mass is 506 g/mol. The average molecular weight is 507 g/mol. The molecule has 0 radical (unpaired) electrons. The van der Waals surface area contributed by atoms with Gasteiger partial charge < -0.3 is 4.90 Å². The third-order valence-corrected chi connectivity index (χ3v) is 9.61. The molecule has 0 saturated carbocycles. The lowest BCUT2D eigenvalue weighted by atomic mass is 10.1. The number of thioether (sulfide) groups is 1. The molecule has 1 aliphatic rings. The average Bonchev–Trinajstić information content (AvgIpc) is 3.51. The Bertz CT molecular complexity index is 1540. The van der Waals surface area contributed by atoms with Gasteiger partial charge in [0, 0.05) is 24.1 Å². The van der Waals surface area contributed by atoms with Gasteiger partial charge in [-0.3, -0.25) is 9.36 Å². The Kier molecular flexibility index (Phi) is 6.51. The Hall–Kier alpha value is -2.61. The molecule has 0 N–H and O–H groups in total. The van der Waals surface area contributed by atoms with Gasteiger partial charge in [-0.15, -0.1) is 11.3 Å². The predicted octanol–water partition coefficient (Wildman–Crippen LogP) is 4.33. The molecule has 3 heterocycles. The van der Waals surface area contributed by atoms with Gasteiger partial charge >= 0.3 is 0 Å². The standard InChI is InChI=1S/C27H28N3OS3/c1-5-19-11-12-21-22(15-19)33-27(28(21)4)25-26(31)30(6-2)24(34-25)16-23-29(13-14-32-23)17-20-10-8-7-9-18(20)3/h7-16H,5-6,17H2,1-4H3/q+1/b27-25+. The first-order valence-corrected chi connectivity index (χ1v) is 14.0. The number of hydrogen-bond donors (Lipinski definition) is 0. The Labute approximate surface area is 212 Å². The van der Waals surface area contributed by atoms with Gasteiger partial charge in [-0.2, -0.15) is 4.57 Å². The fraction of sp³-hybridized carbons (Fsp3) is 0.259. The lowest BCUT2D eigenvalue weighted by Gasteiger charge is -2.12. The first-order chi connectivity index (χ1) is 16.5. The largest absolute Gasteiger partial charge is 0.337 e. The highest BCUT2D eigenvalue weighted by Gasteiger charge is 2.25. The molecule has 7 heteroatoms. The smallest absolute Gasteiger partial charge is 0.271 e. The normalized spacial score (nSPS) is 15.3. The lowest BCUT2D eigenvalue weighted by Crippen LogP contribution is -2.36. The van der Waals surface area contributed by atoms with E-state index < -0.39 is 0 Å². The number of nitrogens with zero attached hydrogens (tertiary/aromatic N) is 3. The van der Waals surface area contributed by atoms with Crippen molar-refractivity contribution in [3.8, 4) is 0 Å². The maximum absolute atomic E-state index is 13.5. The second-order valence-electron chi connectivity index (χ2n) is 8.38. The number of thiazole rings is 2. The molecule has 4 aromatic rings. The number of aromatic nitrogens is 2. The van der Waals surface area contributed by atoms with E-state index in [9.17, 15) is 4.79 Å². The summed E-state index contributed by atoms with van der Waals surface area (Å²) >= 11 is 5.02. The molecule has 0 spiro atoms. The van der Waals surface area contributed by atoms with Gasteiger partial charge in [0.2, 0.25) is 0 Å². The van der Waals surface area contributed by atoms with Crippen LogP contribution >= 0.6 is 34.4 Å². The summed E-state index contributed by atoms with van der Waals surface area (Å²) in [6.45, 7) is 7.84. The van der Waals surface area contributed by atoms with Crippen molar-refractivity contribution in [3.05, 3.63) is 95.3 Å². The van der Waals surface area contributed by atoms with Crippen LogP contribution in [-0.2, 0) is 19.5 Å². The van der Waals surface area contributed by atoms with Crippen molar-refractivity contribution < 1.29 is 4.57 Å². The van der Waals surface area contributed by atoms with Crippen molar-refractivity contribution in [1.29, 1.82) is 0 Å². The lowest BCUT2D eigenvalue weighted by molar-refractivity contribution is -0.685. The number of rotatable bonds is 5. The van der Waals surface area contributed by atoms with E-state index in [0.29, 0.717) is 6.54 Å². The molecular weight excluding hydrogens is 479 g/mol. The molecule has 0 amide bonds. The van der Waals surface area contributed by atoms with E-state index >= 15 is 0 Å². The highest BCUT2D eigenvalue weighted by Crippen LogP contribution is 2.45. The molecular formula is C27H28N3OS3+. The van der Waals surface area contributed by atoms with Gasteiger partial charge in [-0.1, -0.05) is 60.4 Å². The summed E-state index contributed by atoms with van der Waals surface area (Å²) in [7, 11) is 2.06. The summed E-state index contributed by atoms with van der Waals surface area (Å²) in [5.74, 6) is 0. The summed E-state index contributed by atoms with van der Waals surface area (Å²) < 4.78 is 5.98. The summed E-state index contributed by atoms with van der Waals surface area (Å²) in [4.78, 5) is 16.9. The predicted molar refractivity (Wildman–Crippen MR) is 145 cm³/mol. The Morgan fingerprint density at radius 1 is 1.12 bits per heavy atom. The van der Waals surface area contributed by atoms with Gasteiger partial charge in [0.05, 0.1) is 17.1 Å². The van der Waals surface area contributed by atoms with Crippen LogP contribution in [0, 0.1) is 6.92 Å². The maximum atomic E-state index is 13.5. The summed E-state index contributed by atoms with van der Waals surface area (Å²) in [6, 6.07) is 15.1. The van der Waals surface area contributed by atoms with Gasteiger partial charge in [-0.05, 0) is 43.5 Å². The molecule has 2 aromatic heterocycles. The third kappa shape index (κ3) is 4.17. The minimum absolute atomic E-state index is 0.0960. The molecule has 5 rings (SSSR count). The zero-order chi connectivity index (χ0) is 23.8. The van der Waals surface area contributed by atoms with E-state index in [2.05, 4.69) is 90.5 Å². The molecule has 4 nitrogen and oxygen atoms in total. The number of benzene rings is 2. The van der Waals surface area contributed by atoms with Crippen LogP contribution in [0.15, 0.2) is 63.7 Å². The molecule has 1 aliphatic heterocycles. The molecule has 0 fully saturated rings. The number of anilines is 1. The molecule has 0 saturated heterocycles. The molecule has 2 aromatic carbocycles. The minimum Gasteiger partial charge on any atom is -0.337 e. The summed E-state index contributed by atoms with van der Waals surface area (Å²) in [5.41, 5.74) is 5.19. The van der Waals surface area contributed by atoms with E-state index in [1.54, 1.807) is 34.4 Å². The summed E-state index contributed by atoms with van der Waals surface area (Å²) in [5, 5.41) is 4.29. The van der Waals surface area contributed by atoms with Crippen LogP contribution in [-0.4, -0.2) is 11.6 Å². The Balaban J connectivity index is 1.60. The third-order valence-electron chi connectivity index (χ3n) is 6.29. The van der Waals surface area contributed by atoms with Gasteiger partial charge in [0.15, 0.2) is 12.7 Å². The van der Waals surface area contributed by atoms with Crippen LogP contribution in [0.3, 0.4) is 0 Å². The van der Waals surface area contributed by atoms with Crippen LogP contribution < -0.4 is 24.2 Å². The molecule has 0 unspecified atom stereocenters. The van der Waals surface area contributed by atoms with Crippen molar-refractivity contribution in [1.82, 2.24) is 4.57 Å². The van der Waals surface area contributed by atoms with Gasteiger partial charge in [0.1, 0.15) is 14.2 Å². The second kappa shape index (κ2) is 9.56. The number of aryl methyl sites for hydroxylation is 2. The molecule has 174 valence electrons. The van der Waals surface area contributed by atoms with E-state index in [1.807, 2.05) is 11.5 Å². The fourth-order valence-corrected chi connectivity index (χ4v) is 7.60. The van der Waals surface area contributed by atoms with Crippen LogP contribution in [0.2, 0.25) is 0 Å². The van der Waals surface area contributed by atoms with Gasteiger partial charge in [-0.25, -0.2) is 0 Å². The van der Waals surface area contributed by atoms with Crippen molar-refractivity contribution >= 4 is 51.2 Å². The van der Waals surface area contributed by atoms with Crippen LogP contribution in [0.4, 0.5) is 5.69 Å². The minimum atomic E-state index is 0.0960. The summed E-state index contributed by atoms with van der Waals surface area (Å²) in [6.07, 6.45) is 5.31. The van der Waals surface area contributed by atoms with Crippen LogP contribution in [0.25, 0.3) is 11.1 Å². The van der Waals surface area contributed by atoms with E-state index in [4.69, 9.17) is 0 Å². The van der Waals surface area contributed by atoms with Crippen LogP contribution in [0.1, 0.15) is 35.5 Å². The highest BCUT2D eigenvalue weighted by atomic mass is 32.2. The molecule has 0 aliphatic carbocycles. The molecule has 34 heavy (non-hydrogen) atoms. The topological polar surface area (TPSA) is 29.1 Å². The SMILES string of the molecule is CCc1ccc2c(c1)S/C(=c1/s/c(=C\c3scc[n+]3Cc3ccccc3C)n(CC)c1=O)N2C. The van der Waals surface area contributed by atoms with E-state index in [0.717, 1.165) is 32.2 Å². The quantitative estimate of drug-likeness (QED) is 0.377. The fourth-order valence-electron chi connectivity index (χ4n) is 4.22. The number of hydrogen-bond acceptors (Lipinski definition) is 5. The molecule has 0 bridgehead atoms. The van der Waals surface area contributed by atoms with Crippen molar-refractivity contribution in [2.75, 3.05) is 11.9 Å². The maximum Gasteiger partial charge on any atom is 0.271 e. The first kappa shape index (κ1) is 23.1. The second-order valence-corrected chi connectivity index (χ2v) is 11.4. The van der Waals surface area contributed by atoms with E-state index in [1.165, 1.54) is 27.3 Å². The van der Waals surface area contributed by atoms with Crippen molar-refractivity contribution in [2.45, 2.75) is 45.2 Å². The zero-order valence-corrected chi connectivity index (χ0v) is 22.3. The Morgan fingerprint density at radius 3 is 2.71 bits per heavy atom. The van der Waals surface area contributed by atoms with E-state index in [-0.39, 0.29) is 5.56 Å². The number of fused-ring (bicyclic) bond motifs is 1. The Morgan fingerprint density at radius 2 is 1.94 bits per heavy atom. The highest BCUT2D eigenvalue weighted by molar-refractivity contribution is 8.08. The van der Waals surface area contributed by atoms with Crippen molar-refractivity contribution in [2.24, 2.45) is 0 Å². The van der Waals surface area contributed by atoms with Gasteiger partial charge in [0.25, 0.3) is 10.6 Å². The van der Waals surface area contributed by atoms with Crippen LogP contribution in [0.5, 0.6) is 0 Å². The van der Waals surface area contributed by atoms with Crippen molar-refractivity contribution in [3.63, 3.8) is 0 Å². The molecule has 0 atom stereocenters. The first-order valence-electron chi connectivity index (χ1n) is 11.5.